The van der Waals surface area contributed by atoms with Gasteiger partial charge in [-0.05, 0) is 87.5 Å². The molecule has 6 aromatic carbocycles. The van der Waals surface area contributed by atoms with Crippen LogP contribution in [0.5, 0.6) is 0 Å². The molecule has 448 valence electrons. The Kier molecular flexibility index (Phi) is 26.1. The van der Waals surface area contributed by atoms with Gasteiger partial charge < -0.3 is 22.3 Å². The molecule has 0 radical (unpaired) electrons. The summed E-state index contributed by atoms with van der Waals surface area (Å²) in [6, 6.07) is 44.7. The van der Waals surface area contributed by atoms with Crippen molar-refractivity contribution < 1.29 is 21.7 Å². The van der Waals surface area contributed by atoms with Crippen molar-refractivity contribution in [1.29, 1.82) is 0 Å². The molecule has 0 nitrogen and oxygen atoms in total. The van der Waals surface area contributed by atoms with Gasteiger partial charge in [-0.3, -0.25) is 6.08 Å². The van der Waals surface area contributed by atoms with E-state index in [1.807, 2.05) is 3.59 Å². The van der Waals surface area contributed by atoms with E-state index in [-0.39, 0.29) is 54.1 Å². The van der Waals surface area contributed by atoms with Gasteiger partial charge in [0.25, 0.3) is 0 Å². The number of aryl methyl sites for hydroxylation is 12. The molecule has 4 heteroatoms. The van der Waals surface area contributed by atoms with Crippen molar-refractivity contribution >= 4 is 65.6 Å². The summed E-state index contributed by atoms with van der Waals surface area (Å²) < 4.78 is 1.84. The molecule has 2 aliphatic carbocycles. The Hall–Kier alpha value is -3.77. The normalized spacial score (nSPS) is 17.0. The van der Waals surface area contributed by atoms with Crippen LogP contribution in [0.15, 0.2) is 146 Å². The first-order chi connectivity index (χ1) is 37.8. The van der Waals surface area contributed by atoms with Crippen molar-refractivity contribution in [2.45, 2.75) is 215 Å². The molecular formula is C80H112Si2SnTi. The van der Waals surface area contributed by atoms with Crippen molar-refractivity contribution in [3.8, 4) is 0 Å². The fourth-order valence-electron chi connectivity index (χ4n) is 15.7. The van der Waals surface area contributed by atoms with Crippen molar-refractivity contribution in [3.05, 3.63) is 241 Å². The molecule has 0 bridgehead atoms. The summed E-state index contributed by atoms with van der Waals surface area (Å²) in [6.45, 7) is 47.7. The monoisotopic (exact) mass is 1300 g/mol. The smallest absolute Gasteiger partial charge is 0.358 e. The predicted molar refractivity (Wildman–Crippen MR) is 383 cm³/mol. The number of rotatable bonds is 17. The second kappa shape index (κ2) is 29.5. The van der Waals surface area contributed by atoms with E-state index in [4.69, 9.17) is 0 Å². The number of allylic oxidation sites excluding steroid dienone is 8. The second-order valence-corrected chi connectivity index (χ2v) is 48.3. The van der Waals surface area contributed by atoms with Crippen LogP contribution in [-0.2, 0) is 73.1 Å². The van der Waals surface area contributed by atoms with Gasteiger partial charge in [0.05, 0.1) is 0 Å². The second-order valence-electron chi connectivity index (χ2n) is 25.8. The van der Waals surface area contributed by atoms with Crippen LogP contribution in [0.2, 0.25) is 24.9 Å². The van der Waals surface area contributed by atoms with Crippen LogP contribution in [0.3, 0.4) is 0 Å². The van der Waals surface area contributed by atoms with Crippen molar-refractivity contribution in [1.82, 2.24) is 0 Å². The summed E-state index contributed by atoms with van der Waals surface area (Å²) in [6.07, 6.45) is 12.7. The van der Waals surface area contributed by atoms with E-state index in [2.05, 4.69) is 269 Å². The van der Waals surface area contributed by atoms with Crippen LogP contribution in [0, 0.1) is 56.1 Å². The van der Waals surface area contributed by atoms with Crippen LogP contribution in [0.4, 0.5) is 0 Å². The Bertz CT molecular complexity index is 3130. The summed E-state index contributed by atoms with van der Waals surface area (Å²) >= 11 is -2.67. The molecule has 0 saturated heterocycles. The largest absolute Gasteiger partial charge is 4.00 e. The van der Waals surface area contributed by atoms with Gasteiger partial charge in [-0.25, -0.2) is 5.57 Å². The van der Waals surface area contributed by atoms with Gasteiger partial charge in [0.1, 0.15) is 8.07 Å². The molecule has 6 aromatic rings. The van der Waals surface area contributed by atoms with E-state index in [0.717, 1.165) is 51.4 Å². The Balaban J connectivity index is 0.000000420. The van der Waals surface area contributed by atoms with Crippen molar-refractivity contribution in [3.63, 3.8) is 0 Å². The van der Waals surface area contributed by atoms with E-state index in [0.29, 0.717) is 0 Å². The van der Waals surface area contributed by atoms with Gasteiger partial charge in [0, 0.05) is 0 Å². The molecule has 0 N–H and O–H groups in total. The molecule has 8 rings (SSSR count). The molecule has 0 fully saturated rings. The maximum Gasteiger partial charge on any atom is 4.00 e. The summed E-state index contributed by atoms with van der Waals surface area (Å²) in [5.41, 5.74) is 26.5. The number of hydrogen-bond donors (Lipinski definition) is 0. The quantitative estimate of drug-likeness (QED) is 0.0485. The molecule has 2 atom stereocenters. The number of hydrogen-bond acceptors (Lipinski definition) is 0. The minimum Gasteiger partial charge on any atom is -0.358 e. The zero-order chi connectivity index (χ0) is 59.0. The molecular weight excluding hydrogens is 1180 g/mol. The molecule has 0 amide bonds. The molecule has 0 heterocycles. The van der Waals surface area contributed by atoms with Gasteiger partial charge in [0.15, 0.2) is 0 Å². The first kappa shape index (κ1) is 74.5. The summed E-state index contributed by atoms with van der Waals surface area (Å²) in [5, 5.41) is 9.29. The zero-order valence-electron chi connectivity index (χ0n) is 58.0. The third-order valence-corrected chi connectivity index (χ3v) is 39.5. The maximum atomic E-state index is 4.20. The van der Waals surface area contributed by atoms with E-state index >= 15 is 0 Å². The Morgan fingerprint density at radius 2 is 0.631 bits per heavy atom. The van der Waals surface area contributed by atoms with Crippen LogP contribution in [0.1, 0.15) is 178 Å². The molecule has 0 aliphatic heterocycles. The van der Waals surface area contributed by atoms with Crippen molar-refractivity contribution in [2.24, 2.45) is 0 Å². The van der Waals surface area contributed by atoms with Gasteiger partial charge in [-0.1, -0.05) is 122 Å². The Labute approximate surface area is 538 Å². The van der Waals surface area contributed by atoms with E-state index in [1.54, 1.807) is 47.8 Å². The van der Waals surface area contributed by atoms with Crippen molar-refractivity contribution in [2.75, 3.05) is 0 Å². The summed E-state index contributed by atoms with van der Waals surface area (Å²) in [5.74, 6) is 0. The topological polar surface area (TPSA) is 0 Å². The predicted octanol–water partition coefficient (Wildman–Crippen LogP) is 18.6. The minimum atomic E-state index is -2.77. The molecule has 2 unspecified atom stereocenters. The SMILES string of the molecule is CCc1cc(CC)cc([Si](c2c(C)cccc2C)(c2c(C)cccc2C)C2(C)C(C)=C(C)C(C)=[C]2[Sn]([CH3])([CH3])[CH3])c1.CCc1cc(CC)cc([Si](c2cc(CC)cc(CC)c2)(c2cc(CC)cc(CC)c2)C2(C)[C-]=C(C)C(C)=C2C)c1.[CH3-].[CH3-].[CH3-].[Ti+4]. The number of benzene rings is 6. The fraction of sp³-hybridized carbons (Fsp3) is 0.412. The van der Waals surface area contributed by atoms with Gasteiger partial charge in [0.2, 0.25) is 0 Å². The van der Waals surface area contributed by atoms with E-state index in [1.165, 1.54) is 83.5 Å². The van der Waals surface area contributed by atoms with Gasteiger partial charge in [-0.2, -0.15) is 11.1 Å². The van der Waals surface area contributed by atoms with E-state index in [9.17, 15) is 0 Å². The first-order valence-corrected chi connectivity index (χ1v) is 45.1. The van der Waals surface area contributed by atoms with Crippen LogP contribution in [0.25, 0.3) is 0 Å². The Morgan fingerprint density at radius 3 is 0.857 bits per heavy atom. The molecule has 2 aliphatic rings. The maximum absolute atomic E-state index is 4.20. The van der Waals surface area contributed by atoms with Crippen LogP contribution >= 0.6 is 0 Å². The van der Waals surface area contributed by atoms with Gasteiger partial charge >= 0.3 is 274 Å². The molecule has 0 aromatic heterocycles. The average Bonchev–Trinajstić information content (AvgIpc) is 1.52. The zero-order valence-corrected chi connectivity index (χ0v) is 64.5. The first-order valence-electron chi connectivity index (χ1n) is 31.2. The fourth-order valence-corrected chi connectivity index (χ4v) is 41.9. The summed E-state index contributed by atoms with van der Waals surface area (Å²) in [7, 11) is -5.51. The van der Waals surface area contributed by atoms with Gasteiger partial charge in [-0.15, -0.1) is 6.92 Å². The standard InChI is InChI=1S/C39H51Si.C35H43Si.6CH3.Sn.Ti/c1-11-30-17-31(12-2)21-36(20-30)40(39(10)26-27(7)28(8)29(39)9,37-22-32(13-3)18-33(14-4)23-37)38-24-34(15-5)19-35(16-6)25-38;1-11-30-19-31(12-2)21-32(20-30)36(33-23(3)15-13-16-24(33)4,34-25(5)17-14-18-26(34)6)35(10)22-27(7)28(8)29(35)9;;;;;;;;/h17-25H,11-16H2,1-10H3;13-21H,11-12H2,1-10H3;6*1H3;;/q-1;;;;;3*-1;;+4. The third-order valence-electron chi connectivity index (χ3n) is 20.2. The molecule has 84 heavy (non-hydrogen) atoms. The third kappa shape index (κ3) is 12.8. The Morgan fingerprint density at radius 1 is 0.369 bits per heavy atom. The average molecular weight is 1300 g/mol. The van der Waals surface area contributed by atoms with E-state index < -0.39 is 34.5 Å². The minimum absolute atomic E-state index is 0. The molecule has 0 spiro atoms. The molecule has 0 saturated carbocycles. The summed E-state index contributed by atoms with van der Waals surface area (Å²) in [4.78, 5) is 7.98. The van der Waals surface area contributed by atoms with Crippen LogP contribution < -0.4 is 31.1 Å². The van der Waals surface area contributed by atoms with Crippen LogP contribution in [-0.4, -0.2) is 34.5 Å².